The number of benzene rings is 3. The Hall–Kier alpha value is -3.93. The van der Waals surface area contributed by atoms with Gasteiger partial charge in [-0.05, 0) is 79.4 Å². The van der Waals surface area contributed by atoms with E-state index in [-0.39, 0.29) is 29.5 Å². The lowest BCUT2D eigenvalue weighted by molar-refractivity contribution is 0.0714. The number of halogens is 1. The lowest BCUT2D eigenvalue weighted by atomic mass is 9.97. The van der Waals surface area contributed by atoms with E-state index in [4.69, 9.17) is 9.15 Å². The average molecular weight is 458 g/mol. The van der Waals surface area contributed by atoms with E-state index in [0.29, 0.717) is 28.9 Å². The van der Waals surface area contributed by atoms with E-state index >= 15 is 0 Å². The van der Waals surface area contributed by atoms with Crippen molar-refractivity contribution in [2.24, 2.45) is 0 Å². The van der Waals surface area contributed by atoms with Crippen LogP contribution < -0.4 is 10.2 Å². The molecule has 0 saturated carbocycles. The van der Waals surface area contributed by atoms with Crippen LogP contribution in [0.1, 0.15) is 51.3 Å². The average Bonchev–Trinajstić information content (AvgIpc) is 3.09. The van der Waals surface area contributed by atoms with Gasteiger partial charge in [0.25, 0.3) is 5.91 Å². The van der Waals surface area contributed by atoms with E-state index in [2.05, 4.69) is 0 Å². The van der Waals surface area contributed by atoms with Crippen molar-refractivity contribution >= 4 is 16.9 Å². The Balaban J connectivity index is 1.69. The van der Waals surface area contributed by atoms with Crippen LogP contribution in [0.3, 0.4) is 0 Å². The number of amides is 1. The number of fused-ring (bicyclic) bond motifs is 2. The molecule has 2 heterocycles. The van der Waals surface area contributed by atoms with Crippen molar-refractivity contribution in [1.82, 2.24) is 4.90 Å². The predicted octanol–water partition coefficient (Wildman–Crippen LogP) is 5.69. The highest BCUT2D eigenvalue weighted by molar-refractivity contribution is 5.99. The third-order valence-corrected chi connectivity index (χ3v) is 6.36. The second-order valence-electron chi connectivity index (χ2n) is 8.57. The highest BCUT2D eigenvalue weighted by atomic mass is 19.1. The third kappa shape index (κ3) is 3.65. The largest absolute Gasteiger partial charge is 0.494 e. The zero-order valence-corrected chi connectivity index (χ0v) is 19.2. The van der Waals surface area contributed by atoms with Crippen LogP contribution >= 0.6 is 0 Å². The zero-order valence-electron chi connectivity index (χ0n) is 19.2. The summed E-state index contributed by atoms with van der Waals surface area (Å²) in [5.74, 6) is 0.0476. The van der Waals surface area contributed by atoms with Gasteiger partial charge < -0.3 is 14.1 Å². The highest BCUT2D eigenvalue weighted by Gasteiger charge is 2.42. The van der Waals surface area contributed by atoms with Gasteiger partial charge in [0.15, 0.2) is 5.43 Å². The fraction of sp³-hybridized carbons (Fsp3) is 0.214. The van der Waals surface area contributed by atoms with Crippen LogP contribution in [-0.2, 0) is 6.54 Å². The minimum Gasteiger partial charge on any atom is -0.494 e. The molecule has 5 rings (SSSR count). The molecular weight excluding hydrogens is 433 g/mol. The van der Waals surface area contributed by atoms with Gasteiger partial charge in [0.1, 0.15) is 17.1 Å². The predicted molar refractivity (Wildman–Crippen MR) is 128 cm³/mol. The SMILES string of the molecule is CCOc1ccc(C2c3c(oc4cc(C)c(C)cc4c3=O)C(=O)N2Cc2ccc(F)cc2)cc1. The summed E-state index contributed by atoms with van der Waals surface area (Å²) in [6.45, 7) is 6.53. The summed E-state index contributed by atoms with van der Waals surface area (Å²) in [6, 6.07) is 16.4. The zero-order chi connectivity index (χ0) is 24.0. The van der Waals surface area contributed by atoms with Crippen LogP contribution in [0.25, 0.3) is 11.0 Å². The van der Waals surface area contributed by atoms with Gasteiger partial charge in [-0.25, -0.2) is 4.39 Å². The fourth-order valence-corrected chi connectivity index (χ4v) is 4.48. The maximum absolute atomic E-state index is 13.7. The lowest BCUT2D eigenvalue weighted by Crippen LogP contribution is -2.29. The summed E-state index contributed by atoms with van der Waals surface area (Å²) < 4.78 is 25.1. The molecule has 5 nitrogen and oxygen atoms in total. The van der Waals surface area contributed by atoms with Gasteiger partial charge >= 0.3 is 0 Å². The van der Waals surface area contributed by atoms with Gasteiger partial charge in [0, 0.05) is 6.54 Å². The van der Waals surface area contributed by atoms with Gasteiger partial charge in [0.05, 0.1) is 23.6 Å². The maximum Gasteiger partial charge on any atom is 0.291 e. The number of ether oxygens (including phenoxy) is 1. The van der Waals surface area contributed by atoms with Crippen LogP contribution in [0, 0.1) is 19.7 Å². The molecule has 1 amide bonds. The van der Waals surface area contributed by atoms with Gasteiger partial charge in [-0.3, -0.25) is 9.59 Å². The van der Waals surface area contributed by atoms with Crippen LogP contribution in [0.4, 0.5) is 4.39 Å². The molecule has 0 bridgehead atoms. The maximum atomic E-state index is 13.7. The molecular formula is C28H24FNO4. The summed E-state index contributed by atoms with van der Waals surface area (Å²) in [4.78, 5) is 28.9. The second kappa shape index (κ2) is 8.45. The topological polar surface area (TPSA) is 59.8 Å². The molecule has 0 saturated heterocycles. The van der Waals surface area contributed by atoms with Gasteiger partial charge in [-0.15, -0.1) is 0 Å². The number of hydrogen-bond acceptors (Lipinski definition) is 4. The van der Waals surface area contributed by atoms with Crippen LogP contribution in [-0.4, -0.2) is 17.4 Å². The minimum absolute atomic E-state index is 0.0572. The van der Waals surface area contributed by atoms with E-state index in [1.54, 1.807) is 23.1 Å². The van der Waals surface area contributed by atoms with Crippen molar-refractivity contribution in [1.29, 1.82) is 0 Å². The number of carbonyl (C=O) groups is 1. The standard InChI is InChI=1S/C28H24FNO4/c1-4-33-21-11-7-19(8-12-21)25-24-26(31)22-13-16(2)17(3)14-23(22)34-27(24)28(32)30(25)15-18-5-9-20(29)10-6-18/h5-14,25H,4,15H2,1-3H3. The number of rotatable bonds is 5. The summed E-state index contributed by atoms with van der Waals surface area (Å²) in [5.41, 5.74) is 3.99. The lowest BCUT2D eigenvalue weighted by Gasteiger charge is -2.25. The summed E-state index contributed by atoms with van der Waals surface area (Å²) >= 11 is 0. The molecule has 0 fully saturated rings. The van der Waals surface area contributed by atoms with E-state index < -0.39 is 6.04 Å². The molecule has 34 heavy (non-hydrogen) atoms. The number of hydrogen-bond donors (Lipinski definition) is 0. The molecule has 0 aliphatic carbocycles. The first-order valence-corrected chi connectivity index (χ1v) is 11.2. The second-order valence-corrected chi connectivity index (χ2v) is 8.57. The molecule has 1 aliphatic rings. The summed E-state index contributed by atoms with van der Waals surface area (Å²) in [5, 5.41) is 0.453. The van der Waals surface area contributed by atoms with Crippen LogP contribution in [0.5, 0.6) is 5.75 Å². The van der Waals surface area contributed by atoms with Crippen LogP contribution in [0.2, 0.25) is 0 Å². The smallest absolute Gasteiger partial charge is 0.291 e. The van der Waals surface area contributed by atoms with E-state index in [9.17, 15) is 14.0 Å². The normalized spacial score (nSPS) is 15.1. The van der Waals surface area contributed by atoms with Gasteiger partial charge in [-0.2, -0.15) is 0 Å². The Morgan fingerprint density at radius 3 is 2.32 bits per heavy atom. The monoisotopic (exact) mass is 457 g/mol. The highest BCUT2D eigenvalue weighted by Crippen LogP contribution is 2.39. The minimum atomic E-state index is -0.634. The molecule has 3 aromatic carbocycles. The fourth-order valence-electron chi connectivity index (χ4n) is 4.48. The number of aryl methyl sites for hydroxylation is 2. The van der Waals surface area contributed by atoms with E-state index in [1.807, 2.05) is 51.1 Å². The molecule has 6 heteroatoms. The Labute approximate surface area is 196 Å². The van der Waals surface area contributed by atoms with Crippen molar-refractivity contribution in [3.63, 3.8) is 0 Å². The molecule has 1 atom stereocenters. The Bertz CT molecular complexity index is 1460. The van der Waals surface area contributed by atoms with Gasteiger partial charge in [-0.1, -0.05) is 24.3 Å². The molecule has 1 aromatic heterocycles. The van der Waals surface area contributed by atoms with E-state index in [0.717, 1.165) is 22.3 Å². The summed E-state index contributed by atoms with van der Waals surface area (Å²) in [7, 11) is 0. The molecule has 172 valence electrons. The first-order valence-electron chi connectivity index (χ1n) is 11.2. The van der Waals surface area contributed by atoms with Crippen molar-refractivity contribution in [3.05, 3.63) is 110 Å². The Kier molecular flexibility index (Phi) is 5.44. The first kappa shape index (κ1) is 21.9. The van der Waals surface area contributed by atoms with Crippen molar-refractivity contribution in [2.75, 3.05) is 6.61 Å². The summed E-state index contributed by atoms with van der Waals surface area (Å²) in [6.07, 6.45) is 0. The van der Waals surface area contributed by atoms with Crippen LogP contribution in [0.15, 0.2) is 69.9 Å². The molecule has 4 aromatic rings. The molecule has 0 radical (unpaired) electrons. The molecule has 1 unspecified atom stereocenters. The number of carbonyl (C=O) groups excluding carboxylic acids is 1. The number of nitrogens with zero attached hydrogens (tertiary/aromatic N) is 1. The van der Waals surface area contributed by atoms with Crippen molar-refractivity contribution in [2.45, 2.75) is 33.4 Å². The Morgan fingerprint density at radius 2 is 1.65 bits per heavy atom. The molecule has 1 aliphatic heterocycles. The Morgan fingerprint density at radius 1 is 0.971 bits per heavy atom. The van der Waals surface area contributed by atoms with Gasteiger partial charge in [0.2, 0.25) is 5.76 Å². The quantitative estimate of drug-likeness (QED) is 0.386. The van der Waals surface area contributed by atoms with Crippen molar-refractivity contribution in [3.8, 4) is 5.75 Å². The van der Waals surface area contributed by atoms with Crippen molar-refractivity contribution < 1.29 is 18.3 Å². The van der Waals surface area contributed by atoms with E-state index in [1.165, 1.54) is 12.1 Å². The third-order valence-electron chi connectivity index (χ3n) is 6.36. The molecule has 0 spiro atoms. The first-order chi connectivity index (χ1) is 16.4. The molecule has 0 N–H and O–H groups in total.